The van der Waals surface area contributed by atoms with Crippen molar-refractivity contribution in [3.63, 3.8) is 0 Å². The van der Waals surface area contributed by atoms with Crippen LogP contribution in [0.2, 0.25) is 0 Å². The third-order valence-electron chi connectivity index (χ3n) is 5.68. The minimum absolute atomic E-state index is 0.0793. The van der Waals surface area contributed by atoms with Gasteiger partial charge in [0, 0.05) is 22.4 Å². The van der Waals surface area contributed by atoms with Gasteiger partial charge in [0.1, 0.15) is 12.0 Å². The van der Waals surface area contributed by atoms with Crippen molar-refractivity contribution in [2.75, 3.05) is 4.31 Å². The molecule has 27 heavy (non-hydrogen) atoms. The van der Waals surface area contributed by atoms with Crippen molar-refractivity contribution >= 4 is 26.7 Å². The van der Waals surface area contributed by atoms with Gasteiger partial charge in [-0.2, -0.15) is 0 Å². The van der Waals surface area contributed by atoms with Gasteiger partial charge in [-0.15, -0.1) is 0 Å². The summed E-state index contributed by atoms with van der Waals surface area (Å²) >= 11 is 0. The standard InChI is InChI=1S/C21H24N2O3S/c1-4-16-14(3)21(24)23(27(25,26)15-11-9-13(2)10-12-15)20-19(16)17-7-5-6-8-18(17)22-20/h5-12,14,16,21-22,24H,4H2,1-3H3/t14-,16-,21-/m1/s1. The minimum atomic E-state index is -3.90. The van der Waals surface area contributed by atoms with Crippen LogP contribution in [-0.2, 0) is 10.0 Å². The molecule has 5 nitrogen and oxygen atoms in total. The summed E-state index contributed by atoms with van der Waals surface area (Å²) in [5.74, 6) is 0.340. The highest BCUT2D eigenvalue weighted by Crippen LogP contribution is 2.48. The van der Waals surface area contributed by atoms with Gasteiger partial charge >= 0.3 is 0 Å². The van der Waals surface area contributed by atoms with E-state index in [1.807, 2.05) is 38.1 Å². The Labute approximate surface area is 159 Å². The molecule has 0 radical (unpaired) electrons. The molecule has 1 aromatic heterocycles. The predicted molar refractivity (Wildman–Crippen MR) is 107 cm³/mol. The Morgan fingerprint density at radius 1 is 1.11 bits per heavy atom. The van der Waals surface area contributed by atoms with Gasteiger partial charge < -0.3 is 10.1 Å². The lowest BCUT2D eigenvalue weighted by atomic mass is 9.81. The third kappa shape index (κ3) is 2.66. The predicted octanol–water partition coefficient (Wildman–Crippen LogP) is 4.13. The molecule has 0 unspecified atom stereocenters. The van der Waals surface area contributed by atoms with E-state index in [4.69, 9.17) is 0 Å². The topological polar surface area (TPSA) is 73.4 Å². The molecular formula is C21H24N2O3S. The minimum Gasteiger partial charge on any atom is -0.372 e. The highest BCUT2D eigenvalue weighted by Gasteiger charge is 2.44. The van der Waals surface area contributed by atoms with Crippen LogP contribution in [0.5, 0.6) is 0 Å². The molecule has 0 fully saturated rings. The average Bonchev–Trinajstić information content (AvgIpc) is 3.01. The van der Waals surface area contributed by atoms with Gasteiger partial charge in [-0.3, -0.25) is 0 Å². The SMILES string of the molecule is CC[C@H]1c2c([nH]c3ccccc23)N(S(=O)(=O)c2ccc(C)cc2)[C@H](O)[C@@H]1C. The maximum atomic E-state index is 13.4. The van der Waals surface area contributed by atoms with E-state index >= 15 is 0 Å². The molecule has 3 aromatic rings. The van der Waals surface area contributed by atoms with Crippen molar-refractivity contribution < 1.29 is 13.5 Å². The van der Waals surface area contributed by atoms with Crippen molar-refractivity contribution in [1.29, 1.82) is 0 Å². The number of aromatic nitrogens is 1. The van der Waals surface area contributed by atoms with Crippen LogP contribution in [0, 0.1) is 12.8 Å². The monoisotopic (exact) mass is 384 g/mol. The van der Waals surface area contributed by atoms with E-state index in [2.05, 4.69) is 11.9 Å². The number of H-pyrrole nitrogens is 1. The second-order valence-electron chi connectivity index (χ2n) is 7.33. The smallest absolute Gasteiger partial charge is 0.267 e. The van der Waals surface area contributed by atoms with Crippen molar-refractivity contribution in [1.82, 2.24) is 4.98 Å². The van der Waals surface area contributed by atoms with Crippen molar-refractivity contribution in [2.24, 2.45) is 5.92 Å². The molecule has 0 saturated carbocycles. The molecule has 2 heterocycles. The highest BCUT2D eigenvalue weighted by atomic mass is 32.2. The molecule has 0 saturated heterocycles. The largest absolute Gasteiger partial charge is 0.372 e. The summed E-state index contributed by atoms with van der Waals surface area (Å²) in [6.07, 6.45) is -0.298. The number of fused-ring (bicyclic) bond motifs is 3. The second-order valence-corrected chi connectivity index (χ2v) is 9.15. The van der Waals surface area contributed by atoms with Crippen LogP contribution in [0.1, 0.15) is 37.3 Å². The summed E-state index contributed by atoms with van der Waals surface area (Å²) in [7, 11) is -3.90. The number of para-hydroxylation sites is 1. The first-order valence-corrected chi connectivity index (χ1v) is 10.7. The summed E-state index contributed by atoms with van der Waals surface area (Å²) in [6.45, 7) is 5.90. The number of aryl methyl sites for hydroxylation is 1. The van der Waals surface area contributed by atoms with Gasteiger partial charge in [0.25, 0.3) is 10.0 Å². The molecule has 2 aromatic carbocycles. The number of anilines is 1. The first-order valence-electron chi connectivity index (χ1n) is 9.26. The van der Waals surface area contributed by atoms with Gasteiger partial charge in [-0.1, -0.05) is 49.7 Å². The van der Waals surface area contributed by atoms with Gasteiger partial charge in [-0.05, 0) is 37.5 Å². The van der Waals surface area contributed by atoms with Crippen molar-refractivity contribution in [3.8, 4) is 0 Å². The molecule has 1 aliphatic rings. The third-order valence-corrected chi connectivity index (χ3v) is 7.46. The van der Waals surface area contributed by atoms with E-state index < -0.39 is 16.3 Å². The molecule has 6 heteroatoms. The Bertz CT molecular complexity index is 1090. The van der Waals surface area contributed by atoms with Crippen LogP contribution in [-0.4, -0.2) is 24.7 Å². The van der Waals surface area contributed by atoms with Crippen LogP contribution in [0.3, 0.4) is 0 Å². The quantitative estimate of drug-likeness (QED) is 0.713. The fourth-order valence-corrected chi connectivity index (χ4v) is 5.75. The normalized spacial score (nSPS) is 22.8. The zero-order valence-corrected chi connectivity index (χ0v) is 16.5. The van der Waals surface area contributed by atoms with Crippen LogP contribution in [0.25, 0.3) is 10.9 Å². The number of hydrogen-bond acceptors (Lipinski definition) is 3. The van der Waals surface area contributed by atoms with Crippen molar-refractivity contribution in [3.05, 3.63) is 59.7 Å². The maximum Gasteiger partial charge on any atom is 0.267 e. The number of rotatable bonds is 3. The number of benzene rings is 2. The molecule has 1 aliphatic heterocycles. The number of aromatic amines is 1. The summed E-state index contributed by atoms with van der Waals surface area (Å²) < 4.78 is 28.0. The Hall–Kier alpha value is -2.31. The molecular weight excluding hydrogens is 360 g/mol. The fraction of sp³-hybridized carbons (Fsp3) is 0.333. The van der Waals surface area contributed by atoms with E-state index in [-0.39, 0.29) is 16.7 Å². The van der Waals surface area contributed by atoms with Gasteiger partial charge in [0.2, 0.25) is 0 Å². The molecule has 142 valence electrons. The van der Waals surface area contributed by atoms with E-state index in [0.29, 0.717) is 5.82 Å². The Kier molecular flexibility index (Phi) is 4.28. The van der Waals surface area contributed by atoms with E-state index in [1.165, 1.54) is 4.31 Å². The van der Waals surface area contributed by atoms with Crippen LogP contribution < -0.4 is 4.31 Å². The molecule has 4 rings (SSSR count). The Morgan fingerprint density at radius 2 is 1.78 bits per heavy atom. The zero-order valence-electron chi connectivity index (χ0n) is 15.7. The highest BCUT2D eigenvalue weighted by molar-refractivity contribution is 7.92. The number of aliphatic hydroxyl groups excluding tert-OH is 1. The first-order chi connectivity index (χ1) is 12.9. The number of nitrogens with one attached hydrogen (secondary N) is 1. The molecule has 0 aliphatic carbocycles. The summed E-state index contributed by atoms with van der Waals surface area (Å²) in [5, 5.41) is 12.0. The van der Waals surface area contributed by atoms with Crippen LogP contribution in [0.15, 0.2) is 53.4 Å². The van der Waals surface area contributed by atoms with Gasteiger partial charge in [0.15, 0.2) is 0 Å². The van der Waals surface area contributed by atoms with Crippen LogP contribution in [0.4, 0.5) is 5.82 Å². The summed E-state index contributed by atoms with van der Waals surface area (Å²) in [6, 6.07) is 14.6. The molecule has 0 amide bonds. The summed E-state index contributed by atoms with van der Waals surface area (Å²) in [5.41, 5.74) is 2.84. The Morgan fingerprint density at radius 3 is 2.44 bits per heavy atom. The number of sulfonamides is 1. The number of aliphatic hydroxyl groups is 1. The lowest BCUT2D eigenvalue weighted by Crippen LogP contribution is -2.49. The molecule has 2 N–H and O–H groups in total. The lowest BCUT2D eigenvalue weighted by Gasteiger charge is -2.41. The van der Waals surface area contributed by atoms with Gasteiger partial charge in [-0.25, -0.2) is 12.7 Å². The number of nitrogens with zero attached hydrogens (tertiary/aromatic N) is 1. The fourth-order valence-electron chi connectivity index (χ4n) is 4.18. The number of hydrogen-bond donors (Lipinski definition) is 2. The van der Waals surface area contributed by atoms with E-state index in [0.717, 1.165) is 28.5 Å². The van der Waals surface area contributed by atoms with E-state index in [9.17, 15) is 13.5 Å². The first kappa shape index (κ1) is 18.1. The molecule has 0 bridgehead atoms. The van der Waals surface area contributed by atoms with Gasteiger partial charge in [0.05, 0.1) is 4.90 Å². The summed E-state index contributed by atoms with van der Waals surface area (Å²) in [4.78, 5) is 3.43. The second kappa shape index (κ2) is 6.39. The van der Waals surface area contributed by atoms with Crippen LogP contribution >= 0.6 is 0 Å². The lowest BCUT2D eigenvalue weighted by molar-refractivity contribution is 0.103. The maximum absolute atomic E-state index is 13.4. The molecule has 0 spiro atoms. The average molecular weight is 385 g/mol. The zero-order chi connectivity index (χ0) is 19.3. The molecule has 3 atom stereocenters. The van der Waals surface area contributed by atoms with E-state index in [1.54, 1.807) is 24.3 Å². The Balaban J connectivity index is 1.97. The van der Waals surface area contributed by atoms with Crippen molar-refractivity contribution in [2.45, 2.75) is 44.2 Å².